The highest BCUT2D eigenvalue weighted by Crippen LogP contribution is 2.35. The van der Waals surface area contributed by atoms with Gasteiger partial charge < -0.3 is 24.7 Å². The first-order chi connectivity index (χ1) is 14.3. The van der Waals surface area contributed by atoms with Crippen LogP contribution in [0.15, 0.2) is 24.5 Å². The number of hydrogen-bond donors (Lipinski definition) is 2. The van der Waals surface area contributed by atoms with Crippen molar-refractivity contribution in [3.63, 3.8) is 0 Å². The number of aromatic amines is 1. The fourth-order valence-corrected chi connectivity index (χ4v) is 3.53. The number of carbonyl (C=O) groups excluding carboxylic acids is 3. The monoisotopic (exact) mass is 438 g/mol. The van der Waals surface area contributed by atoms with Gasteiger partial charge in [-0.15, -0.1) is 0 Å². The molecule has 3 rings (SSSR count). The highest BCUT2D eigenvalue weighted by molar-refractivity contribution is 6.30. The molecule has 9 nitrogen and oxygen atoms in total. The van der Waals surface area contributed by atoms with Crippen LogP contribution in [-0.2, 0) is 25.5 Å². The maximum Gasteiger partial charge on any atom is 0.329 e. The Labute approximate surface area is 176 Å². The molecule has 0 fully saturated rings. The van der Waals surface area contributed by atoms with Crippen LogP contribution in [0, 0.1) is 5.82 Å². The number of urea groups is 1. The molecule has 30 heavy (non-hydrogen) atoms. The molecule has 1 aromatic carbocycles. The first-order valence-electron chi connectivity index (χ1n) is 9.04. The molecule has 0 bridgehead atoms. The van der Waals surface area contributed by atoms with Gasteiger partial charge in [0.15, 0.2) is 0 Å². The summed E-state index contributed by atoms with van der Waals surface area (Å²) in [5, 5.41) is 2.78. The van der Waals surface area contributed by atoms with E-state index in [1.165, 1.54) is 36.5 Å². The summed E-state index contributed by atoms with van der Waals surface area (Å²) in [6, 6.07) is 1.21. The van der Waals surface area contributed by atoms with Gasteiger partial charge in [-0.2, -0.15) is 0 Å². The minimum absolute atomic E-state index is 0.160. The van der Waals surface area contributed by atoms with E-state index in [0.717, 1.165) is 12.8 Å². The van der Waals surface area contributed by atoms with Crippen LogP contribution in [0.1, 0.15) is 29.4 Å². The van der Waals surface area contributed by atoms with Crippen LogP contribution >= 0.6 is 11.6 Å². The Balaban J connectivity index is 1.94. The number of halogens is 2. The number of H-pyrrole nitrogens is 1. The lowest BCUT2D eigenvalue weighted by atomic mass is 9.95. The summed E-state index contributed by atoms with van der Waals surface area (Å²) in [7, 11) is 2.31. The van der Waals surface area contributed by atoms with Crippen LogP contribution in [0.25, 0.3) is 0 Å². The number of imidazole rings is 1. The van der Waals surface area contributed by atoms with Crippen LogP contribution in [0.3, 0.4) is 0 Å². The van der Waals surface area contributed by atoms with Gasteiger partial charge in [0.2, 0.25) is 0 Å². The van der Waals surface area contributed by atoms with E-state index in [-0.39, 0.29) is 12.1 Å². The summed E-state index contributed by atoms with van der Waals surface area (Å²) >= 11 is 6.06. The summed E-state index contributed by atoms with van der Waals surface area (Å²) in [6.45, 7) is 0.212. The van der Waals surface area contributed by atoms with Gasteiger partial charge in [-0.1, -0.05) is 11.6 Å². The van der Waals surface area contributed by atoms with E-state index in [1.54, 1.807) is 0 Å². The highest BCUT2D eigenvalue weighted by Gasteiger charge is 2.37. The van der Waals surface area contributed by atoms with Gasteiger partial charge in [-0.25, -0.2) is 19.0 Å². The third-order valence-electron chi connectivity index (χ3n) is 4.82. The highest BCUT2D eigenvalue weighted by atomic mass is 35.5. The summed E-state index contributed by atoms with van der Waals surface area (Å²) in [4.78, 5) is 45.3. The lowest BCUT2D eigenvalue weighted by Crippen LogP contribution is -2.52. The molecule has 2 N–H and O–H groups in total. The molecular weight excluding hydrogens is 419 g/mol. The molecule has 0 saturated carbocycles. The number of amides is 2. The quantitative estimate of drug-likeness (QED) is 0.690. The topological polar surface area (TPSA) is 114 Å². The summed E-state index contributed by atoms with van der Waals surface area (Å²) < 4.78 is 23.9. The van der Waals surface area contributed by atoms with E-state index in [4.69, 9.17) is 11.6 Å². The molecule has 0 spiro atoms. The summed E-state index contributed by atoms with van der Waals surface area (Å²) in [6.07, 6.45) is 1.50. The second-order valence-electron chi connectivity index (χ2n) is 6.58. The Kier molecular flexibility index (Phi) is 6.56. The molecule has 2 atom stereocenters. The first-order valence-corrected chi connectivity index (χ1v) is 9.42. The van der Waals surface area contributed by atoms with Gasteiger partial charge in [0.25, 0.3) is 0 Å². The molecule has 0 unspecified atom stereocenters. The number of esters is 2. The van der Waals surface area contributed by atoms with Crippen molar-refractivity contribution in [1.29, 1.82) is 0 Å². The molecule has 2 heterocycles. The van der Waals surface area contributed by atoms with Crippen LogP contribution in [-0.4, -0.2) is 59.6 Å². The van der Waals surface area contributed by atoms with Crippen LogP contribution in [0.2, 0.25) is 5.02 Å². The molecule has 0 saturated heterocycles. The maximum absolute atomic E-state index is 14.7. The molecule has 0 aliphatic carbocycles. The van der Waals surface area contributed by atoms with Gasteiger partial charge in [0.1, 0.15) is 17.9 Å². The third-order valence-corrected chi connectivity index (χ3v) is 5.06. The van der Waals surface area contributed by atoms with E-state index >= 15 is 0 Å². The number of ether oxygens (including phenoxy) is 2. The second kappa shape index (κ2) is 9.12. The molecule has 1 aliphatic rings. The number of nitrogens with one attached hydrogen (secondary N) is 2. The van der Waals surface area contributed by atoms with Gasteiger partial charge >= 0.3 is 18.0 Å². The number of methoxy groups -OCH3 is 2. The van der Waals surface area contributed by atoms with Crippen molar-refractivity contribution in [2.45, 2.75) is 24.9 Å². The van der Waals surface area contributed by atoms with Crippen molar-refractivity contribution in [1.82, 2.24) is 20.2 Å². The Hall–Kier alpha value is -3.14. The van der Waals surface area contributed by atoms with E-state index in [9.17, 15) is 18.8 Å². The minimum atomic E-state index is -1.26. The molecule has 2 aromatic rings. The van der Waals surface area contributed by atoms with Gasteiger partial charge in [-0.3, -0.25) is 4.79 Å². The van der Waals surface area contributed by atoms with Gasteiger partial charge in [-0.05, 0) is 18.2 Å². The van der Waals surface area contributed by atoms with E-state index in [1.807, 2.05) is 0 Å². The van der Waals surface area contributed by atoms with E-state index in [2.05, 4.69) is 24.8 Å². The minimum Gasteiger partial charge on any atom is -0.469 e. The Morgan fingerprint density at radius 3 is 2.83 bits per heavy atom. The molecular formula is C19H20ClFN4O5. The lowest BCUT2D eigenvalue weighted by molar-refractivity contribution is -0.149. The molecule has 11 heteroatoms. The Morgan fingerprint density at radius 2 is 2.13 bits per heavy atom. The number of benzene rings is 1. The smallest absolute Gasteiger partial charge is 0.329 e. The maximum atomic E-state index is 14.7. The fourth-order valence-electron chi connectivity index (χ4n) is 3.35. The SMILES string of the molecule is COC(=O)C[C@H](NC(=O)N1CCc2[nH]cnc2[C@@H]1c1cc(Cl)ccc1F)C(=O)OC. The van der Waals surface area contributed by atoms with Crippen molar-refractivity contribution in [2.24, 2.45) is 0 Å². The van der Waals surface area contributed by atoms with Gasteiger partial charge in [0, 0.05) is 29.2 Å². The number of hydrogen-bond acceptors (Lipinski definition) is 6. The zero-order valence-electron chi connectivity index (χ0n) is 16.3. The molecule has 0 radical (unpaired) electrons. The number of carbonyl (C=O) groups is 3. The van der Waals surface area contributed by atoms with Crippen LogP contribution in [0.5, 0.6) is 0 Å². The Bertz CT molecular complexity index is 966. The van der Waals surface area contributed by atoms with Crippen molar-refractivity contribution in [2.75, 3.05) is 20.8 Å². The Morgan fingerprint density at radius 1 is 1.37 bits per heavy atom. The number of aromatic nitrogens is 2. The summed E-state index contributed by atoms with van der Waals surface area (Å²) in [5.74, 6) is -2.06. The lowest BCUT2D eigenvalue weighted by Gasteiger charge is -2.36. The standard InChI is InChI=1S/C19H20ClFN4O5/c1-29-15(26)8-14(18(27)30-2)24-19(28)25-6-5-13-16(23-9-22-13)17(25)11-7-10(20)3-4-12(11)21/h3-4,7,9,14,17H,5-6,8H2,1-2H3,(H,22,23)(H,24,28)/t14-,17-/m0/s1. The van der Waals surface area contributed by atoms with Gasteiger partial charge in [0.05, 0.1) is 32.7 Å². The predicted octanol–water partition coefficient (Wildman–Crippen LogP) is 1.96. The largest absolute Gasteiger partial charge is 0.469 e. The third kappa shape index (κ3) is 4.38. The number of nitrogens with zero attached hydrogens (tertiary/aromatic N) is 2. The summed E-state index contributed by atoms with van der Waals surface area (Å²) in [5.41, 5.74) is 1.40. The zero-order chi connectivity index (χ0) is 21.8. The fraction of sp³-hybridized carbons (Fsp3) is 0.368. The number of fused-ring (bicyclic) bond motifs is 1. The normalized spacial score (nSPS) is 16.4. The van der Waals surface area contributed by atoms with Crippen molar-refractivity contribution in [3.8, 4) is 0 Å². The van der Waals surface area contributed by atoms with Crippen molar-refractivity contribution < 1.29 is 28.2 Å². The molecule has 2 amide bonds. The van der Waals surface area contributed by atoms with Crippen LogP contribution in [0.4, 0.5) is 9.18 Å². The molecule has 160 valence electrons. The average Bonchev–Trinajstić information content (AvgIpc) is 3.22. The average molecular weight is 439 g/mol. The molecule has 1 aliphatic heterocycles. The number of rotatable bonds is 5. The first kappa shape index (κ1) is 21.6. The van der Waals surface area contributed by atoms with E-state index < -0.39 is 42.3 Å². The molecule has 1 aromatic heterocycles. The van der Waals surface area contributed by atoms with Crippen molar-refractivity contribution in [3.05, 3.63) is 52.3 Å². The second-order valence-corrected chi connectivity index (χ2v) is 7.02. The zero-order valence-corrected chi connectivity index (χ0v) is 17.0. The van der Waals surface area contributed by atoms with E-state index in [0.29, 0.717) is 17.1 Å². The van der Waals surface area contributed by atoms with Crippen molar-refractivity contribution >= 4 is 29.6 Å². The van der Waals surface area contributed by atoms with Crippen LogP contribution < -0.4 is 5.32 Å². The predicted molar refractivity (Wildman–Crippen MR) is 103 cm³/mol.